The molecule has 1 unspecified atom stereocenters. The Morgan fingerprint density at radius 3 is 2.58 bits per heavy atom. The average Bonchev–Trinajstić information content (AvgIpc) is 2.37. The molecule has 1 heterocycles. The third-order valence-corrected chi connectivity index (χ3v) is 4.87. The van der Waals surface area contributed by atoms with E-state index in [1.807, 2.05) is 0 Å². The zero-order valence-corrected chi connectivity index (χ0v) is 14.9. The molecule has 0 bridgehead atoms. The molecule has 0 saturated heterocycles. The van der Waals surface area contributed by atoms with Gasteiger partial charge in [0.05, 0.1) is 22.9 Å². The van der Waals surface area contributed by atoms with Crippen molar-refractivity contribution in [3.63, 3.8) is 0 Å². The Morgan fingerprint density at radius 1 is 1.42 bits per heavy atom. The van der Waals surface area contributed by atoms with Crippen molar-refractivity contribution >= 4 is 16.2 Å². The summed E-state index contributed by atoms with van der Waals surface area (Å²) < 4.78 is 4.89. The van der Waals surface area contributed by atoms with Crippen LogP contribution in [0, 0.1) is 11.3 Å². The molecule has 0 amide bonds. The number of hydrogen-bond acceptors (Lipinski definition) is 3. The Kier molecular flexibility index (Phi) is 5.41. The third kappa shape index (κ3) is 4.23. The predicted molar refractivity (Wildman–Crippen MR) is 82.9 cm³/mol. The second-order valence-electron chi connectivity index (χ2n) is 6.41. The molecule has 0 aromatic rings. The van der Waals surface area contributed by atoms with Crippen LogP contribution in [0.2, 0.25) is 0 Å². The van der Waals surface area contributed by atoms with Gasteiger partial charge in [0.15, 0.2) is 0 Å². The number of methoxy groups -OCH3 is 1. The van der Waals surface area contributed by atoms with Gasteiger partial charge in [0.1, 0.15) is 0 Å². The van der Waals surface area contributed by atoms with Crippen LogP contribution in [0.5, 0.6) is 0 Å². The lowest BCUT2D eigenvalue weighted by atomic mass is 9.75. The Labute approximate surface area is 119 Å². The van der Waals surface area contributed by atoms with Crippen molar-refractivity contribution in [3.8, 4) is 0 Å². The van der Waals surface area contributed by atoms with Gasteiger partial charge in [0, 0.05) is 6.54 Å². The van der Waals surface area contributed by atoms with Crippen molar-refractivity contribution in [3.05, 3.63) is 23.0 Å². The number of carbonyl (C=O) groups is 1. The Morgan fingerprint density at radius 2 is 2.05 bits per heavy atom. The van der Waals surface area contributed by atoms with E-state index in [2.05, 4.69) is 32.7 Å². The fraction of sp³-hybridized carbons (Fsp3) is 0.667. The highest BCUT2D eigenvalue weighted by atomic mass is 28.1. The largest absolute Gasteiger partial charge is 0.465 e. The normalized spacial score (nSPS) is 26.1. The molecule has 0 radical (unpaired) electrons. The molecule has 1 atom stereocenters. The number of rotatable bonds is 1. The summed E-state index contributed by atoms with van der Waals surface area (Å²) in [6, 6.07) is 0. The number of carbonyl (C=O) groups excluding carboxylic acids is 1. The molecule has 0 aromatic carbocycles. The lowest BCUT2D eigenvalue weighted by Crippen LogP contribution is -2.25. The molecule has 1 rings (SSSR count). The molecule has 1 aliphatic rings. The topological polar surface area (TPSA) is 38.3 Å². The van der Waals surface area contributed by atoms with Crippen LogP contribution in [0.1, 0.15) is 40.0 Å². The lowest BCUT2D eigenvalue weighted by molar-refractivity contribution is -0.135. The van der Waals surface area contributed by atoms with Crippen LogP contribution in [0.25, 0.3) is 0 Å². The molecule has 19 heavy (non-hydrogen) atoms. The SMILES string of the molecule is C=C1CCC(C(C)(C)C)CCN/C([SiH3])=C\1C(=O)OC. The van der Waals surface area contributed by atoms with E-state index in [0.717, 1.165) is 46.9 Å². The van der Waals surface area contributed by atoms with Gasteiger partial charge in [0.25, 0.3) is 0 Å². The van der Waals surface area contributed by atoms with Crippen LogP contribution in [0.4, 0.5) is 0 Å². The maximum atomic E-state index is 11.9. The van der Waals surface area contributed by atoms with Gasteiger partial charge in [-0.15, -0.1) is 0 Å². The quantitative estimate of drug-likeness (QED) is 0.587. The van der Waals surface area contributed by atoms with Gasteiger partial charge >= 0.3 is 5.97 Å². The maximum Gasteiger partial charge on any atom is 0.339 e. The molecular weight excluding hydrogens is 254 g/mol. The molecule has 3 nitrogen and oxygen atoms in total. The van der Waals surface area contributed by atoms with Gasteiger partial charge in [-0.25, -0.2) is 4.79 Å². The van der Waals surface area contributed by atoms with Gasteiger partial charge < -0.3 is 10.1 Å². The minimum Gasteiger partial charge on any atom is -0.465 e. The standard InChI is InChI=1S/C15H27NO2Si/c1-10-6-7-11(15(2,3)4)8-9-16-13(19)12(10)14(17)18-5/h11,16H,1,6-9H2,2-5,19H3/b13-12-. The minimum absolute atomic E-state index is 0.253. The summed E-state index contributed by atoms with van der Waals surface area (Å²) in [6.45, 7) is 11.9. The highest BCUT2D eigenvalue weighted by Gasteiger charge is 2.27. The monoisotopic (exact) mass is 281 g/mol. The summed E-state index contributed by atoms with van der Waals surface area (Å²) in [7, 11) is 2.24. The van der Waals surface area contributed by atoms with Gasteiger partial charge in [-0.2, -0.15) is 0 Å². The van der Waals surface area contributed by atoms with E-state index in [9.17, 15) is 4.79 Å². The van der Waals surface area contributed by atoms with Gasteiger partial charge in [-0.1, -0.05) is 27.4 Å². The summed E-state index contributed by atoms with van der Waals surface area (Å²) in [4.78, 5) is 11.9. The fourth-order valence-electron chi connectivity index (χ4n) is 2.67. The van der Waals surface area contributed by atoms with Crippen LogP contribution < -0.4 is 5.32 Å². The highest BCUT2D eigenvalue weighted by Crippen LogP contribution is 2.35. The van der Waals surface area contributed by atoms with E-state index in [1.165, 1.54) is 7.11 Å². The van der Waals surface area contributed by atoms with Crippen molar-refractivity contribution < 1.29 is 9.53 Å². The molecule has 108 valence electrons. The van der Waals surface area contributed by atoms with E-state index < -0.39 is 0 Å². The van der Waals surface area contributed by atoms with Crippen molar-refractivity contribution in [1.82, 2.24) is 5.32 Å². The molecule has 1 aliphatic heterocycles. The summed E-state index contributed by atoms with van der Waals surface area (Å²) in [5.41, 5.74) is 1.90. The Bertz CT molecular complexity index is 393. The second-order valence-corrected chi connectivity index (χ2v) is 7.41. The lowest BCUT2D eigenvalue weighted by Gasteiger charge is -2.30. The zero-order valence-electron chi connectivity index (χ0n) is 12.9. The first kappa shape index (κ1) is 16.0. The van der Waals surface area contributed by atoms with Crippen molar-refractivity contribution in [2.45, 2.75) is 40.0 Å². The molecule has 0 aliphatic carbocycles. The molecule has 0 aromatic heterocycles. The molecule has 0 saturated carbocycles. The summed E-state index contributed by atoms with van der Waals surface area (Å²) in [6.07, 6.45) is 3.09. The van der Waals surface area contributed by atoms with Gasteiger partial charge in [0.2, 0.25) is 0 Å². The van der Waals surface area contributed by atoms with Crippen molar-refractivity contribution in [2.24, 2.45) is 11.3 Å². The first-order valence-corrected chi connectivity index (χ1v) is 7.98. The predicted octanol–water partition coefficient (Wildman–Crippen LogP) is 1.73. The number of nitrogens with one attached hydrogen (secondary N) is 1. The van der Waals surface area contributed by atoms with Crippen LogP contribution in [0.3, 0.4) is 0 Å². The Hall–Kier alpha value is -1.03. The highest BCUT2D eigenvalue weighted by molar-refractivity contribution is 6.24. The zero-order chi connectivity index (χ0) is 14.6. The minimum atomic E-state index is -0.253. The van der Waals surface area contributed by atoms with E-state index in [1.54, 1.807) is 0 Å². The second kappa shape index (κ2) is 6.42. The van der Waals surface area contributed by atoms with Crippen molar-refractivity contribution in [1.29, 1.82) is 0 Å². The van der Waals surface area contributed by atoms with Crippen LogP contribution in [-0.2, 0) is 9.53 Å². The molecular formula is C15H27NO2Si. The first-order valence-electron chi connectivity index (χ1n) is 6.98. The van der Waals surface area contributed by atoms with Gasteiger partial charge in [-0.05, 0) is 41.5 Å². The molecule has 0 spiro atoms. The molecule has 1 N–H and O–H groups in total. The van der Waals surface area contributed by atoms with E-state index >= 15 is 0 Å². The van der Waals surface area contributed by atoms with E-state index in [4.69, 9.17) is 4.74 Å². The molecule has 0 fully saturated rings. The smallest absolute Gasteiger partial charge is 0.339 e. The van der Waals surface area contributed by atoms with E-state index in [0.29, 0.717) is 16.9 Å². The number of hydrogen-bond donors (Lipinski definition) is 1. The summed E-state index contributed by atoms with van der Waals surface area (Å²) >= 11 is 0. The van der Waals surface area contributed by atoms with Crippen LogP contribution in [0.15, 0.2) is 23.0 Å². The summed E-state index contributed by atoms with van der Waals surface area (Å²) in [5.74, 6) is 0.389. The summed E-state index contributed by atoms with van der Waals surface area (Å²) in [5, 5.41) is 4.42. The maximum absolute atomic E-state index is 11.9. The van der Waals surface area contributed by atoms with E-state index in [-0.39, 0.29) is 5.97 Å². The number of ether oxygens (including phenoxy) is 1. The number of esters is 1. The van der Waals surface area contributed by atoms with Crippen LogP contribution in [-0.4, -0.2) is 29.9 Å². The van der Waals surface area contributed by atoms with Crippen LogP contribution >= 0.6 is 0 Å². The van der Waals surface area contributed by atoms with Gasteiger partial charge in [-0.3, -0.25) is 0 Å². The van der Waals surface area contributed by atoms with Crippen molar-refractivity contribution in [2.75, 3.05) is 13.7 Å². The fourth-order valence-corrected chi connectivity index (χ4v) is 3.48. The Balaban J connectivity index is 2.93. The molecule has 4 heteroatoms. The third-order valence-electron chi connectivity index (χ3n) is 4.02. The first-order chi connectivity index (χ1) is 8.77. The average molecular weight is 281 g/mol.